The summed E-state index contributed by atoms with van der Waals surface area (Å²) in [5, 5.41) is 9.60. The van der Waals surface area contributed by atoms with Crippen molar-refractivity contribution in [3.63, 3.8) is 0 Å². The molecule has 20 heavy (non-hydrogen) atoms. The van der Waals surface area contributed by atoms with Crippen molar-refractivity contribution in [1.82, 2.24) is 4.90 Å². The van der Waals surface area contributed by atoms with Crippen molar-refractivity contribution < 1.29 is 19.4 Å². The maximum absolute atomic E-state index is 11.5. The van der Waals surface area contributed by atoms with E-state index in [0.717, 1.165) is 6.29 Å². The van der Waals surface area contributed by atoms with E-state index in [1.807, 2.05) is 0 Å². The number of rotatable bonds is 3. The molecule has 0 spiro atoms. The molecule has 0 radical (unpaired) electrons. The van der Waals surface area contributed by atoms with Gasteiger partial charge in [0.25, 0.3) is 0 Å². The first-order valence-electron chi connectivity index (χ1n) is 6.25. The first-order valence-corrected chi connectivity index (χ1v) is 6.25. The molecule has 1 fully saturated rings. The quantitative estimate of drug-likeness (QED) is 0.653. The number of nitrogens with zero attached hydrogens (tertiary/aromatic N) is 1. The summed E-state index contributed by atoms with van der Waals surface area (Å²) in [6.45, 7) is 0.179. The van der Waals surface area contributed by atoms with Gasteiger partial charge in [-0.1, -0.05) is 17.9 Å². The van der Waals surface area contributed by atoms with Crippen molar-refractivity contribution >= 4 is 12.2 Å². The van der Waals surface area contributed by atoms with Crippen molar-refractivity contribution in [2.45, 2.75) is 19.1 Å². The number of amides is 1. The third-order valence-corrected chi connectivity index (χ3v) is 3.13. The molecule has 1 atom stereocenters. The summed E-state index contributed by atoms with van der Waals surface area (Å²) in [5.41, 5.74) is 1.15. The van der Waals surface area contributed by atoms with Crippen molar-refractivity contribution in [1.29, 1.82) is 0 Å². The van der Waals surface area contributed by atoms with Crippen LogP contribution >= 0.6 is 0 Å². The number of aldehydes is 1. The highest BCUT2D eigenvalue weighted by atomic mass is 16.5. The van der Waals surface area contributed by atoms with Gasteiger partial charge in [0.2, 0.25) is 5.91 Å². The lowest BCUT2D eigenvalue weighted by Gasteiger charge is -2.16. The predicted molar refractivity (Wildman–Crippen MR) is 72.2 cm³/mol. The van der Waals surface area contributed by atoms with Crippen LogP contribution in [-0.2, 0) is 4.79 Å². The number of likely N-dealkylation sites (tertiary alicyclic amines) is 1. The topological polar surface area (TPSA) is 66.8 Å². The number of methoxy groups -OCH3 is 1. The Morgan fingerprint density at radius 2 is 2.35 bits per heavy atom. The molecular formula is C15H15NO4. The number of ether oxygens (including phenoxy) is 1. The lowest BCUT2D eigenvalue weighted by Crippen LogP contribution is -2.32. The second kappa shape index (κ2) is 6.22. The smallest absolute Gasteiger partial charge is 0.225 e. The van der Waals surface area contributed by atoms with Gasteiger partial charge in [-0.15, -0.1) is 0 Å². The Labute approximate surface area is 117 Å². The molecule has 1 aromatic carbocycles. The van der Waals surface area contributed by atoms with Crippen LogP contribution < -0.4 is 4.74 Å². The van der Waals surface area contributed by atoms with Gasteiger partial charge in [-0.3, -0.25) is 9.59 Å². The Morgan fingerprint density at radius 1 is 1.55 bits per heavy atom. The fourth-order valence-electron chi connectivity index (χ4n) is 2.02. The third-order valence-electron chi connectivity index (χ3n) is 3.13. The van der Waals surface area contributed by atoms with Crippen molar-refractivity contribution in [2.75, 3.05) is 13.7 Å². The molecule has 1 saturated heterocycles. The molecule has 0 saturated carbocycles. The van der Waals surface area contributed by atoms with Crippen LogP contribution in [0.3, 0.4) is 0 Å². The van der Waals surface area contributed by atoms with Gasteiger partial charge in [-0.05, 0) is 12.1 Å². The zero-order valence-corrected chi connectivity index (χ0v) is 11.1. The average molecular weight is 273 g/mol. The molecular weight excluding hydrogens is 258 g/mol. The highest BCUT2D eigenvalue weighted by Crippen LogP contribution is 2.19. The van der Waals surface area contributed by atoms with Crippen LogP contribution in [0.1, 0.15) is 28.8 Å². The minimum Gasteiger partial charge on any atom is -0.495 e. The number of carbonyl (C=O) groups excluding carboxylic acids is 2. The normalized spacial score (nSPS) is 17.6. The molecule has 1 aliphatic rings. The first-order chi connectivity index (χ1) is 9.65. The van der Waals surface area contributed by atoms with Gasteiger partial charge in [-0.25, -0.2) is 0 Å². The molecule has 5 heteroatoms. The molecule has 0 aromatic heterocycles. The Hall–Kier alpha value is -2.32. The molecule has 1 N–H and O–H groups in total. The van der Waals surface area contributed by atoms with Crippen molar-refractivity contribution in [3.8, 4) is 17.6 Å². The summed E-state index contributed by atoms with van der Waals surface area (Å²) in [6.07, 6.45) is 0.813. The van der Waals surface area contributed by atoms with Crippen molar-refractivity contribution in [2.24, 2.45) is 0 Å². The molecule has 1 aliphatic heterocycles. The summed E-state index contributed by atoms with van der Waals surface area (Å²) in [6, 6.07) is 4.94. The van der Waals surface area contributed by atoms with E-state index in [-0.39, 0.29) is 12.5 Å². The zero-order valence-electron chi connectivity index (χ0n) is 11.1. The molecule has 1 unspecified atom stereocenters. The number of hydrogen-bond donors (Lipinski definition) is 1. The summed E-state index contributed by atoms with van der Waals surface area (Å²) < 4.78 is 5.16. The van der Waals surface area contributed by atoms with Crippen LogP contribution in [-0.4, -0.2) is 42.1 Å². The number of benzene rings is 1. The average Bonchev–Trinajstić information content (AvgIpc) is 2.79. The fraction of sp³-hybridized carbons (Fsp3) is 0.333. The molecule has 104 valence electrons. The second-order valence-corrected chi connectivity index (χ2v) is 4.42. The van der Waals surface area contributed by atoms with Gasteiger partial charge in [0.1, 0.15) is 18.3 Å². The highest BCUT2D eigenvalue weighted by Gasteiger charge is 2.27. The summed E-state index contributed by atoms with van der Waals surface area (Å²) in [7, 11) is 1.50. The van der Waals surface area contributed by atoms with Crippen LogP contribution in [0.4, 0.5) is 0 Å². The van der Waals surface area contributed by atoms with E-state index in [1.165, 1.54) is 12.0 Å². The molecule has 0 aliphatic carbocycles. The predicted octanol–water partition coefficient (Wildman–Crippen LogP) is 0.800. The highest BCUT2D eigenvalue weighted by molar-refractivity contribution is 5.79. The number of aliphatic hydroxyl groups excluding tert-OH is 1. The summed E-state index contributed by atoms with van der Waals surface area (Å²) in [4.78, 5) is 23.5. The maximum Gasteiger partial charge on any atom is 0.225 e. The van der Waals surface area contributed by atoms with Crippen LogP contribution in [0.2, 0.25) is 0 Å². The maximum atomic E-state index is 11.5. The zero-order chi connectivity index (χ0) is 14.5. The van der Waals surface area contributed by atoms with Crippen molar-refractivity contribution in [3.05, 3.63) is 29.3 Å². The molecule has 1 heterocycles. The Kier molecular flexibility index (Phi) is 4.38. The SMILES string of the molecule is COc1cc(C=O)ccc1C#CCN1C(=O)CCC1O. The first kappa shape index (κ1) is 14.1. The Bertz CT molecular complexity index is 585. The van der Waals surface area contributed by atoms with E-state index in [0.29, 0.717) is 29.7 Å². The van der Waals surface area contributed by atoms with Gasteiger partial charge < -0.3 is 14.7 Å². The van der Waals surface area contributed by atoms with E-state index in [1.54, 1.807) is 18.2 Å². The van der Waals surface area contributed by atoms with Crippen LogP contribution in [0.5, 0.6) is 5.75 Å². The lowest BCUT2D eigenvalue weighted by molar-refractivity contribution is -0.132. The van der Waals surface area contributed by atoms with E-state index in [4.69, 9.17) is 4.74 Å². The monoisotopic (exact) mass is 273 g/mol. The second-order valence-electron chi connectivity index (χ2n) is 4.42. The van der Waals surface area contributed by atoms with Gasteiger partial charge in [0.15, 0.2) is 0 Å². The summed E-state index contributed by atoms with van der Waals surface area (Å²) in [5.74, 6) is 6.15. The fourth-order valence-corrected chi connectivity index (χ4v) is 2.02. The molecule has 0 bridgehead atoms. The van der Waals surface area contributed by atoms with Crippen LogP contribution in [0.25, 0.3) is 0 Å². The Morgan fingerprint density at radius 3 is 2.95 bits per heavy atom. The minimum atomic E-state index is -0.740. The number of carbonyl (C=O) groups is 2. The molecule has 2 rings (SSSR count). The largest absolute Gasteiger partial charge is 0.495 e. The van der Waals surface area contributed by atoms with E-state index < -0.39 is 6.23 Å². The van der Waals surface area contributed by atoms with E-state index in [2.05, 4.69) is 11.8 Å². The standard InChI is InChI=1S/C15H15NO4/c1-20-13-9-11(10-17)4-5-12(13)3-2-8-16-14(18)6-7-15(16)19/h4-5,9-10,14,18H,6-8H2,1H3. The van der Waals surface area contributed by atoms with Crippen LogP contribution in [0, 0.1) is 11.8 Å². The number of hydrogen-bond acceptors (Lipinski definition) is 4. The lowest BCUT2D eigenvalue weighted by atomic mass is 10.1. The molecule has 1 aromatic rings. The third kappa shape index (κ3) is 2.98. The van der Waals surface area contributed by atoms with Gasteiger partial charge in [0.05, 0.1) is 19.2 Å². The van der Waals surface area contributed by atoms with E-state index in [9.17, 15) is 14.7 Å². The Balaban J connectivity index is 2.12. The number of aliphatic hydroxyl groups is 1. The van der Waals surface area contributed by atoms with Gasteiger partial charge in [0, 0.05) is 18.4 Å². The molecule has 1 amide bonds. The molecule has 5 nitrogen and oxygen atoms in total. The van der Waals surface area contributed by atoms with Crippen LogP contribution in [0.15, 0.2) is 18.2 Å². The minimum absolute atomic E-state index is 0.0879. The van der Waals surface area contributed by atoms with Gasteiger partial charge >= 0.3 is 0 Å². The summed E-state index contributed by atoms with van der Waals surface area (Å²) >= 11 is 0. The van der Waals surface area contributed by atoms with Gasteiger partial charge in [-0.2, -0.15) is 0 Å². The van der Waals surface area contributed by atoms with E-state index >= 15 is 0 Å².